The van der Waals surface area contributed by atoms with Crippen LogP contribution in [0.3, 0.4) is 0 Å². The van der Waals surface area contributed by atoms with Crippen molar-refractivity contribution in [3.05, 3.63) is 18.0 Å². The molecule has 0 aliphatic heterocycles. The molecule has 1 unspecified atom stereocenters. The van der Waals surface area contributed by atoms with Crippen molar-refractivity contribution in [2.75, 3.05) is 17.7 Å². The maximum absolute atomic E-state index is 5.78. The van der Waals surface area contributed by atoms with Crippen molar-refractivity contribution in [1.29, 1.82) is 0 Å². The number of hydrogen-bond acceptors (Lipinski definition) is 3. The molecule has 0 fully saturated rings. The number of nitrogens with zero attached hydrogens (tertiary/aromatic N) is 2. The van der Waals surface area contributed by atoms with E-state index in [2.05, 4.69) is 22.2 Å². The molecule has 0 aliphatic rings. The predicted octanol–water partition coefficient (Wildman–Crippen LogP) is 3.24. The topological polar surface area (TPSA) is 37.8 Å². The number of aromatic nitrogens is 2. The maximum atomic E-state index is 5.78. The van der Waals surface area contributed by atoms with E-state index in [0.717, 1.165) is 24.4 Å². The van der Waals surface area contributed by atoms with E-state index in [4.69, 9.17) is 11.6 Å². The average molecular weight is 242 g/mol. The van der Waals surface area contributed by atoms with Gasteiger partial charge in [-0.2, -0.15) is 0 Å². The second kappa shape index (κ2) is 7.44. The molecule has 90 valence electrons. The Labute approximate surface area is 103 Å². The third kappa shape index (κ3) is 4.79. The fourth-order valence-corrected chi connectivity index (χ4v) is 1.94. The van der Waals surface area contributed by atoms with Gasteiger partial charge in [0.2, 0.25) is 5.95 Å². The maximum Gasteiger partial charge on any atom is 0.222 e. The Morgan fingerprint density at radius 3 is 2.56 bits per heavy atom. The molecule has 16 heavy (non-hydrogen) atoms. The summed E-state index contributed by atoms with van der Waals surface area (Å²) in [6.45, 7) is 5.09. The molecule has 4 heteroatoms. The van der Waals surface area contributed by atoms with E-state index in [-0.39, 0.29) is 0 Å². The molecule has 1 atom stereocenters. The van der Waals surface area contributed by atoms with Crippen LogP contribution in [0.2, 0.25) is 0 Å². The van der Waals surface area contributed by atoms with Crippen LogP contribution in [0.15, 0.2) is 12.4 Å². The molecule has 0 aromatic carbocycles. The van der Waals surface area contributed by atoms with Gasteiger partial charge in [-0.3, -0.25) is 0 Å². The first-order valence-electron chi connectivity index (χ1n) is 5.84. The van der Waals surface area contributed by atoms with Crippen molar-refractivity contribution < 1.29 is 0 Å². The molecule has 0 amide bonds. The molecule has 0 saturated heterocycles. The highest BCUT2D eigenvalue weighted by molar-refractivity contribution is 6.17. The first kappa shape index (κ1) is 13.2. The molecule has 0 bridgehead atoms. The van der Waals surface area contributed by atoms with Gasteiger partial charge < -0.3 is 5.32 Å². The Morgan fingerprint density at radius 2 is 2.00 bits per heavy atom. The third-order valence-electron chi connectivity index (χ3n) is 2.54. The van der Waals surface area contributed by atoms with E-state index in [1.165, 1.54) is 12.8 Å². The Bertz CT molecular complexity index is 281. The summed E-state index contributed by atoms with van der Waals surface area (Å²) in [5, 5.41) is 3.26. The van der Waals surface area contributed by atoms with Crippen molar-refractivity contribution in [2.45, 2.75) is 33.1 Å². The Balaban J connectivity index is 2.38. The highest BCUT2D eigenvalue weighted by Gasteiger charge is 2.07. The normalized spacial score (nSPS) is 12.4. The van der Waals surface area contributed by atoms with E-state index in [0.29, 0.717) is 11.9 Å². The Hall–Kier alpha value is -0.830. The minimum Gasteiger partial charge on any atom is -0.354 e. The van der Waals surface area contributed by atoms with E-state index in [1.807, 2.05) is 19.3 Å². The summed E-state index contributed by atoms with van der Waals surface area (Å²) in [7, 11) is 0. The summed E-state index contributed by atoms with van der Waals surface area (Å²) >= 11 is 5.78. The van der Waals surface area contributed by atoms with Crippen LogP contribution in [0.25, 0.3) is 0 Å². The zero-order valence-corrected chi connectivity index (χ0v) is 10.8. The van der Waals surface area contributed by atoms with Crippen molar-refractivity contribution in [3.63, 3.8) is 0 Å². The molecule has 1 N–H and O–H groups in total. The van der Waals surface area contributed by atoms with Crippen LogP contribution in [-0.4, -0.2) is 22.4 Å². The molecule has 1 aromatic heterocycles. The van der Waals surface area contributed by atoms with Gasteiger partial charge in [0.05, 0.1) is 0 Å². The molecule has 0 radical (unpaired) electrons. The lowest BCUT2D eigenvalue weighted by atomic mass is 10.0. The van der Waals surface area contributed by atoms with Gasteiger partial charge in [-0.05, 0) is 31.2 Å². The summed E-state index contributed by atoms with van der Waals surface area (Å²) in [6.07, 6.45) is 7.09. The SMILES string of the molecule is CCCC(CCCl)CNc1ncc(C)cn1. The summed E-state index contributed by atoms with van der Waals surface area (Å²) in [5.41, 5.74) is 1.08. The number of anilines is 1. The van der Waals surface area contributed by atoms with Crippen LogP contribution in [0.4, 0.5) is 5.95 Å². The molecule has 1 aromatic rings. The summed E-state index contributed by atoms with van der Waals surface area (Å²) < 4.78 is 0. The summed E-state index contributed by atoms with van der Waals surface area (Å²) in [6, 6.07) is 0. The average Bonchev–Trinajstić information content (AvgIpc) is 2.29. The van der Waals surface area contributed by atoms with Crippen LogP contribution in [-0.2, 0) is 0 Å². The van der Waals surface area contributed by atoms with Crippen LogP contribution in [0.1, 0.15) is 31.7 Å². The van der Waals surface area contributed by atoms with Crippen LogP contribution < -0.4 is 5.32 Å². The second-order valence-corrected chi connectivity index (χ2v) is 4.48. The van der Waals surface area contributed by atoms with Crippen molar-refractivity contribution in [2.24, 2.45) is 5.92 Å². The number of aryl methyl sites for hydroxylation is 1. The van der Waals surface area contributed by atoms with E-state index >= 15 is 0 Å². The first-order valence-corrected chi connectivity index (χ1v) is 6.38. The quantitative estimate of drug-likeness (QED) is 0.745. The number of halogens is 1. The number of nitrogens with one attached hydrogen (secondary N) is 1. The molecular weight excluding hydrogens is 222 g/mol. The molecule has 0 saturated carbocycles. The van der Waals surface area contributed by atoms with Gasteiger partial charge in [0, 0.05) is 24.8 Å². The van der Waals surface area contributed by atoms with Gasteiger partial charge in [0.1, 0.15) is 0 Å². The lowest BCUT2D eigenvalue weighted by Gasteiger charge is -2.15. The molecule has 1 rings (SSSR count). The minimum absolute atomic E-state index is 0.618. The Morgan fingerprint density at radius 1 is 1.31 bits per heavy atom. The van der Waals surface area contributed by atoms with Crippen molar-refractivity contribution >= 4 is 17.5 Å². The van der Waals surface area contributed by atoms with E-state index in [9.17, 15) is 0 Å². The molecule has 3 nitrogen and oxygen atoms in total. The largest absolute Gasteiger partial charge is 0.354 e. The zero-order valence-electron chi connectivity index (χ0n) is 10.0. The molecule has 0 spiro atoms. The lowest BCUT2D eigenvalue weighted by molar-refractivity contribution is 0.489. The zero-order chi connectivity index (χ0) is 11.8. The molecule has 0 aliphatic carbocycles. The van der Waals surface area contributed by atoms with Gasteiger partial charge in [0.15, 0.2) is 0 Å². The van der Waals surface area contributed by atoms with Gasteiger partial charge >= 0.3 is 0 Å². The van der Waals surface area contributed by atoms with Gasteiger partial charge in [-0.1, -0.05) is 13.3 Å². The summed E-state index contributed by atoms with van der Waals surface area (Å²) in [4.78, 5) is 8.43. The van der Waals surface area contributed by atoms with Crippen LogP contribution in [0, 0.1) is 12.8 Å². The van der Waals surface area contributed by atoms with Crippen LogP contribution >= 0.6 is 11.6 Å². The highest BCUT2D eigenvalue weighted by atomic mass is 35.5. The first-order chi connectivity index (χ1) is 7.76. The smallest absolute Gasteiger partial charge is 0.222 e. The fraction of sp³-hybridized carbons (Fsp3) is 0.667. The summed E-state index contributed by atoms with van der Waals surface area (Å²) in [5.74, 6) is 2.05. The third-order valence-corrected chi connectivity index (χ3v) is 2.76. The van der Waals surface area contributed by atoms with Crippen molar-refractivity contribution in [1.82, 2.24) is 9.97 Å². The van der Waals surface area contributed by atoms with Gasteiger partial charge in [-0.15, -0.1) is 11.6 Å². The highest BCUT2D eigenvalue weighted by Crippen LogP contribution is 2.12. The van der Waals surface area contributed by atoms with Crippen LogP contribution in [0.5, 0.6) is 0 Å². The predicted molar refractivity (Wildman–Crippen MR) is 69.0 cm³/mol. The minimum atomic E-state index is 0.618. The Kier molecular flexibility index (Phi) is 6.16. The number of alkyl halides is 1. The second-order valence-electron chi connectivity index (χ2n) is 4.10. The number of hydrogen-bond donors (Lipinski definition) is 1. The van der Waals surface area contributed by atoms with Gasteiger partial charge in [0.25, 0.3) is 0 Å². The van der Waals surface area contributed by atoms with Gasteiger partial charge in [-0.25, -0.2) is 9.97 Å². The van der Waals surface area contributed by atoms with Crippen molar-refractivity contribution in [3.8, 4) is 0 Å². The molecule has 1 heterocycles. The monoisotopic (exact) mass is 241 g/mol. The van der Waals surface area contributed by atoms with E-state index < -0.39 is 0 Å². The number of rotatable bonds is 7. The van der Waals surface area contributed by atoms with E-state index in [1.54, 1.807) is 0 Å². The fourth-order valence-electron chi connectivity index (χ4n) is 1.63. The standard InChI is InChI=1S/C12H20ClN3/c1-3-4-11(5-6-13)9-16-12-14-7-10(2)8-15-12/h7-8,11H,3-6,9H2,1-2H3,(H,14,15,16). The lowest BCUT2D eigenvalue weighted by Crippen LogP contribution is -2.16. The molecular formula is C12H20ClN3.